The van der Waals surface area contributed by atoms with Crippen molar-refractivity contribution in [1.82, 2.24) is 0 Å². The largest absolute Gasteiger partial charge is 0.458 e. The Labute approximate surface area is 188 Å². The summed E-state index contributed by atoms with van der Waals surface area (Å²) in [7, 11) is 0. The first-order chi connectivity index (χ1) is 14.9. The number of aliphatic hydroxyl groups excluding tert-OH is 1. The Hall–Kier alpha value is -2.28. The van der Waals surface area contributed by atoms with Crippen molar-refractivity contribution in [1.29, 1.82) is 0 Å². The van der Waals surface area contributed by atoms with Crippen molar-refractivity contribution >= 4 is 23.5 Å². The predicted molar refractivity (Wildman–Crippen MR) is 114 cm³/mol. The Kier molecular flexibility index (Phi) is 5.47. The van der Waals surface area contributed by atoms with E-state index in [9.17, 15) is 24.3 Å². The zero-order valence-corrected chi connectivity index (χ0v) is 19.2. The van der Waals surface area contributed by atoms with Crippen molar-refractivity contribution < 1.29 is 33.8 Å². The molecule has 0 amide bonds. The number of hydrogen-bond donors (Lipinski definition) is 1. The lowest BCUT2D eigenvalue weighted by Gasteiger charge is -2.59. The van der Waals surface area contributed by atoms with Crippen LogP contribution < -0.4 is 0 Å². The van der Waals surface area contributed by atoms with Crippen LogP contribution in [0.1, 0.15) is 59.8 Å². The highest BCUT2D eigenvalue weighted by atomic mass is 16.6. The number of fused-ring (bicyclic) bond motifs is 5. The van der Waals surface area contributed by atoms with Gasteiger partial charge in [-0.3, -0.25) is 19.2 Å². The second-order valence-corrected chi connectivity index (χ2v) is 10.4. The minimum Gasteiger partial charge on any atom is -0.458 e. The Bertz CT molecular complexity index is 933. The normalized spacial score (nSPS) is 42.3. The molecule has 4 rings (SSSR count). The molecule has 0 unspecified atom stereocenters. The van der Waals surface area contributed by atoms with E-state index in [1.54, 1.807) is 6.08 Å². The first kappa shape index (κ1) is 22.9. The van der Waals surface area contributed by atoms with Crippen LogP contribution in [-0.4, -0.2) is 46.9 Å². The molecular formula is C25H32O7. The number of carbonyl (C=O) groups is 4. The van der Waals surface area contributed by atoms with Crippen molar-refractivity contribution in [3.8, 4) is 0 Å². The van der Waals surface area contributed by atoms with Gasteiger partial charge in [0.05, 0.1) is 6.10 Å². The molecule has 0 aromatic rings. The van der Waals surface area contributed by atoms with Gasteiger partial charge in [-0.25, -0.2) is 0 Å². The molecule has 174 valence electrons. The van der Waals surface area contributed by atoms with Gasteiger partial charge in [-0.05, 0) is 43.6 Å². The van der Waals surface area contributed by atoms with Crippen LogP contribution in [0.15, 0.2) is 23.8 Å². The maximum Gasteiger partial charge on any atom is 0.303 e. The summed E-state index contributed by atoms with van der Waals surface area (Å²) in [6.45, 7) is 6.07. The molecule has 2 fully saturated rings. The van der Waals surface area contributed by atoms with Gasteiger partial charge in [-0.2, -0.15) is 0 Å². The number of allylic oxidation sites excluding steroid dienone is 4. The fraction of sp³-hybridized carbons (Fsp3) is 0.680. The van der Waals surface area contributed by atoms with Crippen molar-refractivity contribution in [2.24, 2.45) is 28.6 Å². The molecular weight excluding hydrogens is 412 g/mol. The van der Waals surface area contributed by atoms with E-state index in [0.29, 0.717) is 32.1 Å². The molecule has 0 spiro atoms. The van der Waals surface area contributed by atoms with Crippen LogP contribution in [-0.2, 0) is 28.7 Å². The zero-order chi connectivity index (χ0) is 23.5. The lowest BCUT2D eigenvalue weighted by Crippen LogP contribution is -2.62. The number of esters is 2. The summed E-state index contributed by atoms with van der Waals surface area (Å²) in [5, 5.41) is 11.5. The Balaban J connectivity index is 1.74. The van der Waals surface area contributed by atoms with Crippen molar-refractivity contribution in [3.05, 3.63) is 23.8 Å². The van der Waals surface area contributed by atoms with E-state index in [4.69, 9.17) is 9.47 Å². The standard InChI is InChI=1S/C25H32O7/c1-14(26)31-13-21(30)25(32-15(2)27)10-8-19-18-6-5-16-11-17(28)7-9-23(16,3)22(18)20(29)12-24(19,25)4/h5,7,9,18-20,22,29H,6,8,10-13H2,1-4H3/t18-,19-,20-,22+,23-,24-,25-/m0/s1. The second-order valence-electron chi connectivity index (χ2n) is 10.4. The lowest BCUT2D eigenvalue weighted by molar-refractivity contribution is -0.198. The summed E-state index contributed by atoms with van der Waals surface area (Å²) in [6.07, 6.45) is 7.36. The highest BCUT2D eigenvalue weighted by Gasteiger charge is 2.70. The van der Waals surface area contributed by atoms with E-state index in [1.165, 1.54) is 13.8 Å². The van der Waals surface area contributed by atoms with Crippen LogP contribution in [0.25, 0.3) is 0 Å². The lowest BCUT2D eigenvalue weighted by atomic mass is 9.47. The number of ether oxygens (including phenoxy) is 2. The summed E-state index contributed by atoms with van der Waals surface area (Å²) >= 11 is 0. The number of Topliss-reactive ketones (excluding diaryl/α,β-unsaturated/α-hetero) is 1. The van der Waals surface area contributed by atoms with Crippen molar-refractivity contribution in [2.75, 3.05) is 6.61 Å². The smallest absolute Gasteiger partial charge is 0.303 e. The SMILES string of the molecule is CC(=O)OCC(=O)[C@@]1(OC(C)=O)CC[C@H]2[C@@H]3CC=C4CC(=O)C=C[C@]4(C)[C@H]3[C@@H](O)C[C@@]21C. The van der Waals surface area contributed by atoms with E-state index in [2.05, 4.69) is 13.0 Å². The van der Waals surface area contributed by atoms with Crippen molar-refractivity contribution in [3.63, 3.8) is 0 Å². The molecule has 7 heteroatoms. The molecule has 0 aromatic heterocycles. The number of hydrogen-bond acceptors (Lipinski definition) is 7. The minimum atomic E-state index is -1.44. The van der Waals surface area contributed by atoms with Gasteiger partial charge in [-0.15, -0.1) is 0 Å². The molecule has 32 heavy (non-hydrogen) atoms. The van der Waals surface area contributed by atoms with Crippen molar-refractivity contribution in [2.45, 2.75) is 71.5 Å². The first-order valence-electron chi connectivity index (χ1n) is 11.4. The maximum absolute atomic E-state index is 13.4. The van der Waals surface area contributed by atoms with Gasteiger partial charge >= 0.3 is 11.9 Å². The van der Waals surface area contributed by atoms with E-state index in [1.807, 2.05) is 13.0 Å². The summed E-state index contributed by atoms with van der Waals surface area (Å²) in [5.74, 6) is -1.45. The molecule has 7 nitrogen and oxygen atoms in total. The van der Waals surface area contributed by atoms with Gasteiger partial charge in [0.1, 0.15) is 0 Å². The Morgan fingerprint density at radius 3 is 2.56 bits per heavy atom. The fourth-order valence-electron chi connectivity index (χ4n) is 7.43. The monoisotopic (exact) mass is 444 g/mol. The highest BCUT2D eigenvalue weighted by Crippen LogP contribution is 2.67. The molecule has 0 heterocycles. The Morgan fingerprint density at radius 2 is 1.91 bits per heavy atom. The van der Waals surface area contributed by atoms with Gasteiger partial charge in [-0.1, -0.05) is 31.6 Å². The topological polar surface area (TPSA) is 107 Å². The van der Waals surface area contributed by atoms with Crippen LogP contribution in [0, 0.1) is 28.6 Å². The highest BCUT2D eigenvalue weighted by molar-refractivity contribution is 5.94. The number of aliphatic hydroxyl groups is 1. The van der Waals surface area contributed by atoms with Gasteiger partial charge < -0.3 is 14.6 Å². The van der Waals surface area contributed by atoms with Crippen LogP contribution >= 0.6 is 0 Å². The van der Waals surface area contributed by atoms with Gasteiger partial charge in [0.15, 0.2) is 18.0 Å². The number of carbonyl (C=O) groups excluding carboxylic acids is 4. The number of ketones is 2. The average molecular weight is 445 g/mol. The van der Waals surface area contributed by atoms with Gasteiger partial charge in [0, 0.05) is 37.0 Å². The quantitative estimate of drug-likeness (QED) is 0.525. The molecule has 0 bridgehead atoms. The van der Waals surface area contributed by atoms with E-state index in [0.717, 1.165) is 5.57 Å². The molecule has 0 radical (unpaired) electrons. The van der Waals surface area contributed by atoms with Crippen LogP contribution in [0.4, 0.5) is 0 Å². The minimum absolute atomic E-state index is 0.0391. The van der Waals surface area contributed by atoms with E-state index < -0.39 is 46.9 Å². The zero-order valence-electron chi connectivity index (χ0n) is 19.2. The van der Waals surface area contributed by atoms with Crippen LogP contribution in [0.5, 0.6) is 0 Å². The molecule has 0 saturated heterocycles. The Morgan fingerprint density at radius 1 is 1.19 bits per heavy atom. The maximum atomic E-state index is 13.4. The third kappa shape index (κ3) is 3.19. The van der Waals surface area contributed by atoms with Gasteiger partial charge in [0.25, 0.3) is 0 Å². The first-order valence-corrected chi connectivity index (χ1v) is 11.4. The molecule has 4 aliphatic carbocycles. The summed E-state index contributed by atoms with van der Waals surface area (Å²) in [5.41, 5.74) is -1.57. The summed E-state index contributed by atoms with van der Waals surface area (Å²) in [4.78, 5) is 48.8. The van der Waals surface area contributed by atoms with E-state index in [-0.39, 0.29) is 23.5 Å². The predicted octanol–water partition coefficient (Wildman–Crippen LogP) is 2.70. The third-order valence-electron chi connectivity index (χ3n) is 8.75. The molecule has 2 saturated carbocycles. The average Bonchev–Trinajstić information content (AvgIpc) is 2.98. The third-order valence-corrected chi connectivity index (χ3v) is 8.75. The fourth-order valence-corrected chi connectivity index (χ4v) is 7.43. The molecule has 7 atom stereocenters. The number of rotatable bonds is 4. The summed E-state index contributed by atoms with van der Waals surface area (Å²) in [6, 6.07) is 0. The second kappa shape index (κ2) is 7.65. The molecule has 0 aliphatic heterocycles. The molecule has 1 N–H and O–H groups in total. The molecule has 0 aromatic carbocycles. The van der Waals surface area contributed by atoms with Crippen LogP contribution in [0.2, 0.25) is 0 Å². The van der Waals surface area contributed by atoms with Crippen LogP contribution in [0.3, 0.4) is 0 Å². The van der Waals surface area contributed by atoms with Gasteiger partial charge in [0.2, 0.25) is 5.78 Å². The summed E-state index contributed by atoms with van der Waals surface area (Å²) < 4.78 is 10.8. The molecule has 4 aliphatic rings. The van der Waals surface area contributed by atoms with E-state index >= 15 is 0 Å².